The smallest absolute Gasteiger partial charge is 0.257 e. The fourth-order valence-corrected chi connectivity index (χ4v) is 6.09. The molecule has 1 amide bonds. The van der Waals surface area contributed by atoms with E-state index in [-0.39, 0.29) is 41.7 Å². The number of sulfone groups is 1. The van der Waals surface area contributed by atoms with Gasteiger partial charge in [0, 0.05) is 18.7 Å². The number of fused-ring (bicyclic) bond motifs is 1. The molecule has 2 aliphatic heterocycles. The van der Waals surface area contributed by atoms with E-state index >= 15 is 0 Å². The van der Waals surface area contributed by atoms with Crippen LogP contribution < -0.4 is 10.2 Å². The van der Waals surface area contributed by atoms with Crippen molar-refractivity contribution < 1.29 is 22.0 Å². The number of nitrogens with zero attached hydrogens (tertiary/aromatic N) is 4. The molecule has 2 saturated heterocycles. The number of halogens is 2. The lowest BCUT2D eigenvalue weighted by Crippen LogP contribution is -2.35. The second-order valence-corrected chi connectivity index (χ2v) is 10.5. The Balaban J connectivity index is 1.44. The first-order valence-electron chi connectivity index (χ1n) is 10.3. The highest BCUT2D eigenvalue weighted by Crippen LogP contribution is 2.37. The Morgan fingerprint density at radius 1 is 1.25 bits per heavy atom. The largest absolute Gasteiger partial charge is 0.348 e. The van der Waals surface area contributed by atoms with Crippen molar-refractivity contribution in [3.63, 3.8) is 0 Å². The molecular formula is C21H21F2N5O3S. The van der Waals surface area contributed by atoms with Gasteiger partial charge in [-0.25, -0.2) is 26.7 Å². The zero-order valence-corrected chi connectivity index (χ0v) is 17.8. The molecule has 0 radical (unpaired) electrons. The maximum absolute atomic E-state index is 14.4. The van der Waals surface area contributed by atoms with Crippen LogP contribution in [0.3, 0.4) is 0 Å². The molecule has 4 heterocycles. The minimum atomic E-state index is -3.13. The van der Waals surface area contributed by atoms with E-state index in [2.05, 4.69) is 15.4 Å². The van der Waals surface area contributed by atoms with Crippen LogP contribution in [0.5, 0.6) is 0 Å². The monoisotopic (exact) mass is 461 g/mol. The molecule has 11 heteroatoms. The maximum Gasteiger partial charge on any atom is 0.257 e. The Hall–Kier alpha value is -3.08. The molecule has 0 bridgehead atoms. The average molecular weight is 461 g/mol. The number of anilines is 1. The van der Waals surface area contributed by atoms with Crippen molar-refractivity contribution in [2.24, 2.45) is 0 Å². The van der Waals surface area contributed by atoms with Crippen LogP contribution in [-0.4, -0.2) is 59.2 Å². The Morgan fingerprint density at radius 2 is 2.09 bits per heavy atom. The summed E-state index contributed by atoms with van der Waals surface area (Å²) >= 11 is 0. The van der Waals surface area contributed by atoms with Gasteiger partial charge in [0.1, 0.15) is 23.4 Å². The van der Waals surface area contributed by atoms with Crippen LogP contribution >= 0.6 is 0 Å². The van der Waals surface area contributed by atoms with E-state index < -0.39 is 33.8 Å². The number of rotatable bonds is 4. The molecule has 1 unspecified atom stereocenters. The zero-order chi connectivity index (χ0) is 22.5. The van der Waals surface area contributed by atoms with E-state index in [4.69, 9.17) is 0 Å². The van der Waals surface area contributed by atoms with Gasteiger partial charge in [0.2, 0.25) is 0 Å². The zero-order valence-electron chi connectivity index (χ0n) is 17.0. The number of carbonyl (C=O) groups is 1. The molecule has 8 nitrogen and oxygen atoms in total. The quantitative estimate of drug-likeness (QED) is 0.639. The summed E-state index contributed by atoms with van der Waals surface area (Å²) in [6.07, 6.45) is 2.48. The van der Waals surface area contributed by atoms with Gasteiger partial charge in [-0.1, -0.05) is 12.1 Å². The minimum Gasteiger partial charge on any atom is -0.348 e. The fraction of sp³-hybridized carbons (Fsp3) is 0.381. The summed E-state index contributed by atoms with van der Waals surface area (Å²) in [6.45, 7) is 0.0972. The number of carbonyl (C=O) groups excluding carboxylic acids is 1. The van der Waals surface area contributed by atoms with Crippen molar-refractivity contribution >= 4 is 27.2 Å². The fourth-order valence-electron chi connectivity index (χ4n) is 4.42. The number of aromatic nitrogens is 3. The molecule has 3 aromatic rings. The minimum absolute atomic E-state index is 0.0515. The second-order valence-electron chi connectivity index (χ2n) is 8.24. The molecule has 2 fully saturated rings. The average Bonchev–Trinajstić information content (AvgIpc) is 3.43. The SMILES string of the molecule is O=C(NC1CCS(=O)(=O)C1)c1cnn2ccc(N3C[C@@H](F)C[C@@H]3c3cccc(F)c3)nc12. The van der Waals surface area contributed by atoms with Gasteiger partial charge in [-0.2, -0.15) is 5.10 Å². The van der Waals surface area contributed by atoms with Crippen LogP contribution in [0.4, 0.5) is 14.6 Å². The van der Waals surface area contributed by atoms with Crippen LogP contribution in [0.2, 0.25) is 0 Å². The summed E-state index contributed by atoms with van der Waals surface area (Å²) in [4.78, 5) is 19.1. The van der Waals surface area contributed by atoms with Crippen LogP contribution in [0, 0.1) is 5.82 Å². The van der Waals surface area contributed by atoms with Crippen LogP contribution in [0.1, 0.15) is 34.8 Å². The van der Waals surface area contributed by atoms with Crippen molar-refractivity contribution in [1.82, 2.24) is 19.9 Å². The number of hydrogen-bond acceptors (Lipinski definition) is 6. The van der Waals surface area contributed by atoms with Crippen molar-refractivity contribution in [1.29, 1.82) is 0 Å². The van der Waals surface area contributed by atoms with Gasteiger partial charge in [0.15, 0.2) is 15.5 Å². The van der Waals surface area contributed by atoms with E-state index in [0.29, 0.717) is 17.8 Å². The summed E-state index contributed by atoms with van der Waals surface area (Å²) in [5.74, 6) is -0.437. The van der Waals surface area contributed by atoms with Gasteiger partial charge in [-0.3, -0.25) is 4.79 Å². The molecular weight excluding hydrogens is 440 g/mol. The standard InChI is InChI=1S/C21H21F2N5O3S/c22-14-3-1-2-13(8-14)18-9-15(23)11-27(18)19-4-6-28-20(26-19)17(10-24-28)21(29)25-16-5-7-32(30,31)12-16/h1-4,6,8,10,15-16,18H,5,7,9,11-12H2,(H,25,29)/t15-,16?,18+/m0/s1. The molecule has 2 aliphatic rings. The summed E-state index contributed by atoms with van der Waals surface area (Å²) in [5.41, 5.74) is 1.14. The predicted molar refractivity (Wildman–Crippen MR) is 114 cm³/mol. The molecule has 32 heavy (non-hydrogen) atoms. The predicted octanol–water partition coefficient (Wildman–Crippen LogP) is 2.07. The third-order valence-electron chi connectivity index (χ3n) is 5.94. The van der Waals surface area contributed by atoms with Gasteiger partial charge in [-0.05, 0) is 30.2 Å². The van der Waals surface area contributed by atoms with Crippen molar-refractivity contribution in [2.75, 3.05) is 23.0 Å². The Bertz CT molecular complexity index is 1300. The highest BCUT2D eigenvalue weighted by molar-refractivity contribution is 7.91. The molecule has 0 aliphatic carbocycles. The van der Waals surface area contributed by atoms with Crippen LogP contribution in [0.15, 0.2) is 42.7 Å². The first-order chi connectivity index (χ1) is 15.3. The number of amides is 1. The summed E-state index contributed by atoms with van der Waals surface area (Å²) in [5, 5.41) is 6.89. The van der Waals surface area contributed by atoms with Crippen LogP contribution in [-0.2, 0) is 9.84 Å². The number of benzene rings is 1. The van der Waals surface area contributed by atoms with Gasteiger partial charge >= 0.3 is 0 Å². The van der Waals surface area contributed by atoms with Gasteiger partial charge in [-0.15, -0.1) is 0 Å². The molecule has 3 atom stereocenters. The topological polar surface area (TPSA) is 96.7 Å². The lowest BCUT2D eigenvalue weighted by molar-refractivity contribution is 0.0942. The highest BCUT2D eigenvalue weighted by atomic mass is 32.2. The van der Waals surface area contributed by atoms with Crippen molar-refractivity contribution in [2.45, 2.75) is 31.1 Å². The van der Waals surface area contributed by atoms with Gasteiger partial charge in [0.25, 0.3) is 5.91 Å². The lowest BCUT2D eigenvalue weighted by Gasteiger charge is -2.25. The Labute approximate surface area is 183 Å². The molecule has 1 aromatic carbocycles. The number of alkyl halides is 1. The van der Waals surface area contributed by atoms with Crippen molar-refractivity contribution in [3.8, 4) is 0 Å². The van der Waals surface area contributed by atoms with E-state index in [1.807, 2.05) is 0 Å². The van der Waals surface area contributed by atoms with Crippen LogP contribution in [0.25, 0.3) is 5.65 Å². The maximum atomic E-state index is 14.4. The number of hydrogen-bond donors (Lipinski definition) is 1. The first-order valence-corrected chi connectivity index (χ1v) is 12.1. The molecule has 0 spiro atoms. The molecule has 5 rings (SSSR count). The Kier molecular flexibility index (Phi) is 5.07. The normalized spacial score (nSPS) is 24.8. The van der Waals surface area contributed by atoms with E-state index in [0.717, 1.165) is 0 Å². The molecule has 1 N–H and O–H groups in total. The lowest BCUT2D eigenvalue weighted by atomic mass is 10.0. The van der Waals surface area contributed by atoms with E-state index in [1.165, 1.54) is 22.8 Å². The summed E-state index contributed by atoms with van der Waals surface area (Å²) in [6, 6.07) is 6.91. The third kappa shape index (κ3) is 3.92. The van der Waals surface area contributed by atoms with Crippen molar-refractivity contribution in [3.05, 3.63) is 59.7 Å². The molecule has 2 aromatic heterocycles. The summed E-state index contributed by atoms with van der Waals surface area (Å²) < 4.78 is 52.9. The summed E-state index contributed by atoms with van der Waals surface area (Å²) in [7, 11) is -3.13. The molecule has 168 valence electrons. The van der Waals surface area contributed by atoms with E-state index in [1.54, 1.807) is 29.3 Å². The van der Waals surface area contributed by atoms with E-state index in [9.17, 15) is 22.0 Å². The third-order valence-corrected chi connectivity index (χ3v) is 7.71. The molecule has 0 saturated carbocycles. The Morgan fingerprint density at radius 3 is 2.84 bits per heavy atom. The van der Waals surface area contributed by atoms with Gasteiger partial charge in [0.05, 0.1) is 30.3 Å². The second kappa shape index (κ2) is 7.80. The van der Waals surface area contributed by atoms with Gasteiger partial charge < -0.3 is 10.2 Å². The first kappa shape index (κ1) is 20.8. The highest BCUT2D eigenvalue weighted by Gasteiger charge is 2.35. The number of nitrogens with one attached hydrogen (secondary N) is 1.